The van der Waals surface area contributed by atoms with Gasteiger partial charge in [0, 0.05) is 16.1 Å². The molecular weight excluding hydrogens is 421 g/mol. The van der Waals surface area contributed by atoms with E-state index in [0.717, 1.165) is 16.7 Å². The molecule has 1 heterocycles. The number of benzene rings is 3. The van der Waals surface area contributed by atoms with Crippen LogP contribution in [0.25, 0.3) is 6.08 Å². The normalized spacial score (nSPS) is 14.6. The Balaban J connectivity index is 1.51. The van der Waals surface area contributed by atoms with Crippen LogP contribution in [0, 0.1) is 6.92 Å². The maximum absolute atomic E-state index is 12.2. The SMILES string of the molecule is Cc1ccc(C2=NC(=Cc3ccc(OCc4ccccc4Cl)c(Cl)c3)C(=O)O2)cc1. The third-order valence-corrected chi connectivity index (χ3v) is 5.18. The Bertz CT molecular complexity index is 1170. The third-order valence-electron chi connectivity index (χ3n) is 4.52. The molecule has 3 aromatic carbocycles. The lowest BCUT2D eigenvalue weighted by molar-refractivity contribution is -0.129. The monoisotopic (exact) mass is 437 g/mol. The van der Waals surface area contributed by atoms with Gasteiger partial charge in [-0.25, -0.2) is 9.79 Å². The van der Waals surface area contributed by atoms with Crippen molar-refractivity contribution in [2.45, 2.75) is 13.5 Å². The molecule has 4 nitrogen and oxygen atoms in total. The number of rotatable bonds is 5. The molecule has 30 heavy (non-hydrogen) atoms. The quantitative estimate of drug-likeness (QED) is 0.351. The van der Waals surface area contributed by atoms with Gasteiger partial charge in [0.1, 0.15) is 12.4 Å². The van der Waals surface area contributed by atoms with Crippen LogP contribution in [-0.2, 0) is 16.1 Å². The lowest BCUT2D eigenvalue weighted by Gasteiger charge is -2.09. The van der Waals surface area contributed by atoms with Gasteiger partial charge in [0.15, 0.2) is 5.70 Å². The zero-order valence-corrected chi connectivity index (χ0v) is 17.6. The molecule has 0 aliphatic carbocycles. The van der Waals surface area contributed by atoms with E-state index in [1.54, 1.807) is 24.3 Å². The van der Waals surface area contributed by atoms with Crippen LogP contribution in [0.5, 0.6) is 5.75 Å². The van der Waals surface area contributed by atoms with E-state index < -0.39 is 5.97 Å². The van der Waals surface area contributed by atoms with Crippen molar-refractivity contribution >= 4 is 41.1 Å². The Hall–Kier alpha value is -3.08. The van der Waals surface area contributed by atoms with E-state index in [1.165, 1.54) is 0 Å². The fraction of sp³-hybridized carbons (Fsp3) is 0.0833. The van der Waals surface area contributed by atoms with Crippen LogP contribution in [-0.4, -0.2) is 11.9 Å². The Labute approximate surface area is 184 Å². The van der Waals surface area contributed by atoms with Crippen molar-refractivity contribution < 1.29 is 14.3 Å². The summed E-state index contributed by atoms with van der Waals surface area (Å²) in [6.07, 6.45) is 1.63. The Morgan fingerprint density at radius 2 is 1.77 bits per heavy atom. The summed E-state index contributed by atoms with van der Waals surface area (Å²) in [6, 6.07) is 20.3. The second kappa shape index (κ2) is 8.74. The van der Waals surface area contributed by atoms with Gasteiger partial charge >= 0.3 is 5.97 Å². The highest BCUT2D eigenvalue weighted by Gasteiger charge is 2.24. The van der Waals surface area contributed by atoms with Crippen molar-refractivity contribution in [1.29, 1.82) is 0 Å². The predicted octanol–water partition coefficient (Wildman–Crippen LogP) is 6.23. The summed E-state index contributed by atoms with van der Waals surface area (Å²) in [5.41, 5.74) is 3.66. The summed E-state index contributed by atoms with van der Waals surface area (Å²) in [4.78, 5) is 16.5. The first kappa shape index (κ1) is 20.2. The lowest BCUT2D eigenvalue weighted by Crippen LogP contribution is -2.05. The van der Waals surface area contributed by atoms with Crippen molar-refractivity contribution in [1.82, 2.24) is 0 Å². The number of ether oxygens (including phenoxy) is 2. The zero-order chi connectivity index (χ0) is 21.1. The fourth-order valence-corrected chi connectivity index (χ4v) is 3.32. The third kappa shape index (κ3) is 4.56. The average molecular weight is 438 g/mol. The van der Waals surface area contributed by atoms with Crippen LogP contribution in [0.3, 0.4) is 0 Å². The van der Waals surface area contributed by atoms with Gasteiger partial charge < -0.3 is 9.47 Å². The van der Waals surface area contributed by atoms with Crippen molar-refractivity contribution in [3.63, 3.8) is 0 Å². The number of cyclic esters (lactones) is 1. The minimum absolute atomic E-state index is 0.214. The minimum atomic E-state index is -0.499. The summed E-state index contributed by atoms with van der Waals surface area (Å²) < 4.78 is 11.1. The first-order valence-corrected chi connectivity index (χ1v) is 10.0. The molecule has 6 heteroatoms. The van der Waals surface area contributed by atoms with Gasteiger partial charge in [0.05, 0.1) is 5.02 Å². The van der Waals surface area contributed by atoms with E-state index in [1.807, 2.05) is 55.5 Å². The molecule has 4 rings (SSSR count). The standard InChI is InChI=1S/C24H17Cl2NO3/c1-15-6-9-17(10-7-15)23-27-21(24(28)30-23)13-16-8-11-22(20(26)12-16)29-14-18-4-2-3-5-19(18)25/h2-13H,14H2,1H3. The van der Waals surface area contributed by atoms with E-state index in [9.17, 15) is 4.79 Å². The number of aliphatic imine (C=N–C) groups is 1. The number of hydrogen-bond acceptors (Lipinski definition) is 4. The molecule has 0 atom stereocenters. The van der Waals surface area contributed by atoms with Crippen LogP contribution in [0.2, 0.25) is 10.0 Å². The molecule has 0 radical (unpaired) electrons. The van der Waals surface area contributed by atoms with Gasteiger partial charge in [0.2, 0.25) is 5.90 Å². The molecule has 0 amide bonds. The van der Waals surface area contributed by atoms with E-state index in [0.29, 0.717) is 28.0 Å². The largest absolute Gasteiger partial charge is 0.487 e. The van der Waals surface area contributed by atoms with Crippen molar-refractivity contribution in [2.75, 3.05) is 0 Å². The molecule has 0 saturated heterocycles. The van der Waals surface area contributed by atoms with Gasteiger partial charge in [-0.2, -0.15) is 0 Å². The van der Waals surface area contributed by atoms with E-state index in [4.69, 9.17) is 32.7 Å². The second-order valence-corrected chi connectivity index (χ2v) is 7.59. The number of carbonyl (C=O) groups excluding carboxylic acids is 1. The maximum Gasteiger partial charge on any atom is 0.363 e. The topological polar surface area (TPSA) is 47.9 Å². The molecular formula is C24H17Cl2NO3. The Morgan fingerprint density at radius 3 is 2.50 bits per heavy atom. The highest BCUT2D eigenvalue weighted by molar-refractivity contribution is 6.32. The first-order chi connectivity index (χ1) is 14.5. The zero-order valence-electron chi connectivity index (χ0n) is 16.1. The average Bonchev–Trinajstić information content (AvgIpc) is 3.09. The van der Waals surface area contributed by atoms with Crippen LogP contribution in [0.4, 0.5) is 0 Å². The molecule has 0 spiro atoms. The first-order valence-electron chi connectivity index (χ1n) is 9.25. The summed E-state index contributed by atoms with van der Waals surface area (Å²) in [6.45, 7) is 2.29. The summed E-state index contributed by atoms with van der Waals surface area (Å²) in [5, 5.41) is 1.06. The van der Waals surface area contributed by atoms with Gasteiger partial charge in [-0.05, 0) is 48.9 Å². The molecule has 0 fully saturated rings. The Kier molecular flexibility index (Phi) is 5.88. The number of hydrogen-bond donors (Lipinski definition) is 0. The summed E-state index contributed by atoms with van der Waals surface area (Å²) >= 11 is 12.5. The van der Waals surface area contributed by atoms with E-state index in [2.05, 4.69) is 4.99 Å². The highest BCUT2D eigenvalue weighted by atomic mass is 35.5. The van der Waals surface area contributed by atoms with Gasteiger partial charge in [-0.15, -0.1) is 0 Å². The highest BCUT2D eigenvalue weighted by Crippen LogP contribution is 2.29. The molecule has 0 unspecified atom stereocenters. The van der Waals surface area contributed by atoms with E-state index in [-0.39, 0.29) is 11.6 Å². The summed E-state index contributed by atoms with van der Waals surface area (Å²) in [5.74, 6) is 0.314. The van der Waals surface area contributed by atoms with Gasteiger partial charge in [-0.3, -0.25) is 0 Å². The number of carbonyl (C=O) groups is 1. The van der Waals surface area contributed by atoms with Crippen LogP contribution >= 0.6 is 23.2 Å². The number of halogens is 2. The number of nitrogens with zero attached hydrogens (tertiary/aromatic N) is 1. The smallest absolute Gasteiger partial charge is 0.363 e. The molecule has 0 aromatic heterocycles. The van der Waals surface area contributed by atoms with Crippen LogP contribution in [0.15, 0.2) is 77.4 Å². The molecule has 1 aliphatic rings. The summed E-state index contributed by atoms with van der Waals surface area (Å²) in [7, 11) is 0. The Morgan fingerprint density at radius 1 is 1.00 bits per heavy atom. The van der Waals surface area contributed by atoms with Crippen LogP contribution in [0.1, 0.15) is 22.3 Å². The number of aryl methyl sites for hydroxylation is 1. The second-order valence-electron chi connectivity index (χ2n) is 6.77. The van der Waals surface area contributed by atoms with Gasteiger partial charge in [-0.1, -0.05) is 65.2 Å². The van der Waals surface area contributed by atoms with E-state index >= 15 is 0 Å². The lowest BCUT2D eigenvalue weighted by atomic mass is 10.1. The molecule has 0 bridgehead atoms. The van der Waals surface area contributed by atoms with Crippen molar-refractivity contribution in [3.8, 4) is 5.75 Å². The van der Waals surface area contributed by atoms with Crippen LogP contribution < -0.4 is 4.74 Å². The molecule has 150 valence electrons. The predicted molar refractivity (Wildman–Crippen MR) is 119 cm³/mol. The fourth-order valence-electron chi connectivity index (χ4n) is 2.88. The van der Waals surface area contributed by atoms with Crippen molar-refractivity contribution in [3.05, 3.63) is 105 Å². The van der Waals surface area contributed by atoms with Crippen molar-refractivity contribution in [2.24, 2.45) is 4.99 Å². The molecule has 3 aromatic rings. The molecule has 1 aliphatic heterocycles. The molecule has 0 saturated carbocycles. The maximum atomic E-state index is 12.2. The molecule has 0 N–H and O–H groups in total. The number of esters is 1. The van der Waals surface area contributed by atoms with Gasteiger partial charge in [0.25, 0.3) is 0 Å². The minimum Gasteiger partial charge on any atom is -0.487 e.